The fourth-order valence-electron chi connectivity index (χ4n) is 2.57. The second-order valence-electron chi connectivity index (χ2n) is 4.76. The monoisotopic (exact) mass is 241 g/mol. The van der Waals surface area contributed by atoms with Gasteiger partial charge in [0.25, 0.3) is 0 Å². The first-order valence-electron chi connectivity index (χ1n) is 6.06. The van der Waals surface area contributed by atoms with Gasteiger partial charge in [0, 0.05) is 19.1 Å². The van der Waals surface area contributed by atoms with Gasteiger partial charge in [-0.2, -0.15) is 0 Å². The van der Waals surface area contributed by atoms with Crippen molar-refractivity contribution < 1.29 is 14.7 Å². The number of nitrogens with one attached hydrogen (secondary N) is 1. The van der Waals surface area contributed by atoms with Gasteiger partial charge in [-0.1, -0.05) is 6.92 Å². The van der Waals surface area contributed by atoms with Crippen LogP contribution in [-0.2, 0) is 4.79 Å². The Hall–Kier alpha value is -1.14. The normalized spacial score (nSPS) is 30.1. The molecule has 2 rings (SSSR count). The van der Waals surface area contributed by atoms with Crippen LogP contribution in [0.2, 0.25) is 0 Å². The van der Waals surface area contributed by atoms with Gasteiger partial charge in [0.15, 0.2) is 0 Å². The largest absolute Gasteiger partial charge is 0.395 e. The minimum atomic E-state index is -0.303. The maximum Gasteiger partial charge on any atom is 0.324 e. The predicted octanol–water partition coefficient (Wildman–Crippen LogP) is -0.759. The molecule has 2 atom stereocenters. The van der Waals surface area contributed by atoms with Crippen molar-refractivity contribution in [2.75, 3.05) is 32.8 Å². The Morgan fingerprint density at radius 2 is 2.18 bits per heavy atom. The number of carbonyl (C=O) groups excluding carboxylic acids is 2. The van der Waals surface area contributed by atoms with Crippen LogP contribution in [0.1, 0.15) is 13.3 Å². The topological polar surface area (TPSA) is 72.9 Å². The summed E-state index contributed by atoms with van der Waals surface area (Å²) < 4.78 is 0. The highest BCUT2D eigenvalue weighted by atomic mass is 16.3. The van der Waals surface area contributed by atoms with Gasteiger partial charge in [-0.3, -0.25) is 14.6 Å². The molecular formula is C11H19N3O3. The van der Waals surface area contributed by atoms with Gasteiger partial charge >= 0.3 is 6.03 Å². The third kappa shape index (κ3) is 2.42. The van der Waals surface area contributed by atoms with Gasteiger partial charge in [0.05, 0.1) is 13.2 Å². The van der Waals surface area contributed by atoms with Crippen molar-refractivity contribution in [3.63, 3.8) is 0 Å². The molecule has 2 heterocycles. The van der Waals surface area contributed by atoms with E-state index in [2.05, 4.69) is 17.1 Å². The maximum atomic E-state index is 11.4. The van der Waals surface area contributed by atoms with Gasteiger partial charge < -0.3 is 10.4 Å². The first-order valence-corrected chi connectivity index (χ1v) is 6.06. The second kappa shape index (κ2) is 5.01. The second-order valence-corrected chi connectivity index (χ2v) is 4.76. The molecule has 0 aromatic carbocycles. The Balaban J connectivity index is 1.86. The minimum Gasteiger partial charge on any atom is -0.395 e. The Bertz CT molecular complexity index is 305. The van der Waals surface area contributed by atoms with Crippen LogP contribution in [-0.4, -0.2) is 65.7 Å². The van der Waals surface area contributed by atoms with Crippen LogP contribution < -0.4 is 5.32 Å². The van der Waals surface area contributed by atoms with Gasteiger partial charge in [-0.15, -0.1) is 0 Å². The van der Waals surface area contributed by atoms with Crippen molar-refractivity contribution in [1.29, 1.82) is 0 Å². The van der Waals surface area contributed by atoms with E-state index in [9.17, 15) is 14.7 Å². The number of carbonyl (C=O) groups is 2. The molecule has 2 saturated heterocycles. The molecule has 96 valence electrons. The molecule has 0 aromatic rings. The molecule has 0 spiro atoms. The van der Waals surface area contributed by atoms with Crippen molar-refractivity contribution in [1.82, 2.24) is 15.1 Å². The first kappa shape index (κ1) is 12.3. The quantitative estimate of drug-likeness (QED) is 0.635. The Morgan fingerprint density at radius 1 is 1.41 bits per heavy atom. The van der Waals surface area contributed by atoms with E-state index in [-0.39, 0.29) is 31.1 Å². The first-order chi connectivity index (χ1) is 8.13. The van der Waals surface area contributed by atoms with E-state index in [1.54, 1.807) is 0 Å². The smallest absolute Gasteiger partial charge is 0.324 e. The van der Waals surface area contributed by atoms with Crippen LogP contribution in [0.4, 0.5) is 4.79 Å². The summed E-state index contributed by atoms with van der Waals surface area (Å²) >= 11 is 0. The van der Waals surface area contributed by atoms with E-state index in [0.717, 1.165) is 13.0 Å². The van der Waals surface area contributed by atoms with E-state index in [0.29, 0.717) is 19.0 Å². The summed E-state index contributed by atoms with van der Waals surface area (Å²) in [6.07, 6.45) is 1.06. The maximum absolute atomic E-state index is 11.4. The molecule has 2 aliphatic rings. The fourth-order valence-corrected chi connectivity index (χ4v) is 2.57. The van der Waals surface area contributed by atoms with Crippen molar-refractivity contribution in [3.8, 4) is 0 Å². The zero-order chi connectivity index (χ0) is 12.4. The number of rotatable bonds is 4. The number of urea groups is 1. The van der Waals surface area contributed by atoms with E-state index in [1.807, 2.05) is 0 Å². The van der Waals surface area contributed by atoms with Crippen LogP contribution in [0, 0.1) is 5.92 Å². The summed E-state index contributed by atoms with van der Waals surface area (Å²) in [5.74, 6) is 0.311. The number of likely N-dealkylation sites (tertiary alicyclic amines) is 1. The van der Waals surface area contributed by atoms with Crippen LogP contribution >= 0.6 is 0 Å². The van der Waals surface area contributed by atoms with E-state index in [4.69, 9.17) is 0 Å². The predicted molar refractivity (Wildman–Crippen MR) is 61.3 cm³/mol. The van der Waals surface area contributed by atoms with Crippen LogP contribution in [0.5, 0.6) is 0 Å². The molecular weight excluding hydrogens is 222 g/mol. The van der Waals surface area contributed by atoms with Crippen molar-refractivity contribution in [3.05, 3.63) is 0 Å². The average molecular weight is 241 g/mol. The third-order valence-electron chi connectivity index (χ3n) is 3.73. The highest BCUT2D eigenvalue weighted by molar-refractivity contribution is 6.01. The number of hydrogen-bond acceptors (Lipinski definition) is 4. The minimum absolute atomic E-state index is 0.110. The number of nitrogens with zero attached hydrogens (tertiary/aromatic N) is 2. The molecule has 6 heteroatoms. The van der Waals surface area contributed by atoms with Gasteiger partial charge in [0.1, 0.15) is 0 Å². The molecule has 17 heavy (non-hydrogen) atoms. The van der Waals surface area contributed by atoms with Crippen molar-refractivity contribution in [2.45, 2.75) is 19.4 Å². The number of aliphatic hydroxyl groups excluding tert-OH is 1. The molecule has 2 unspecified atom stereocenters. The Kier molecular flexibility index (Phi) is 3.63. The Morgan fingerprint density at radius 3 is 2.76 bits per heavy atom. The lowest BCUT2D eigenvalue weighted by Crippen LogP contribution is -2.42. The highest BCUT2D eigenvalue weighted by Gasteiger charge is 2.33. The van der Waals surface area contributed by atoms with Crippen LogP contribution in [0.25, 0.3) is 0 Å². The standard InChI is InChI=1S/C11H19N3O3/c1-8-2-3-13(9(8)7-15)4-5-14-10(16)6-12-11(14)17/h8-9,15H,2-7H2,1H3,(H,12,17). The summed E-state index contributed by atoms with van der Waals surface area (Å²) in [4.78, 5) is 26.1. The molecule has 3 amide bonds. The average Bonchev–Trinajstić information content (AvgIpc) is 2.81. The van der Waals surface area contributed by atoms with E-state index < -0.39 is 0 Å². The van der Waals surface area contributed by atoms with Gasteiger partial charge in [-0.25, -0.2) is 4.79 Å². The summed E-state index contributed by atoms with van der Waals surface area (Å²) in [5, 5.41) is 11.8. The lowest BCUT2D eigenvalue weighted by atomic mass is 10.0. The number of imide groups is 1. The molecule has 0 saturated carbocycles. The van der Waals surface area contributed by atoms with E-state index in [1.165, 1.54) is 4.90 Å². The Labute approximate surface area is 101 Å². The molecule has 0 aromatic heterocycles. The zero-order valence-corrected chi connectivity index (χ0v) is 10.1. The zero-order valence-electron chi connectivity index (χ0n) is 10.1. The van der Waals surface area contributed by atoms with Crippen molar-refractivity contribution >= 4 is 11.9 Å². The molecule has 6 nitrogen and oxygen atoms in total. The molecule has 2 aliphatic heterocycles. The number of aliphatic hydroxyl groups is 1. The summed E-state index contributed by atoms with van der Waals surface area (Å²) in [7, 11) is 0. The molecule has 2 fully saturated rings. The van der Waals surface area contributed by atoms with E-state index >= 15 is 0 Å². The fraction of sp³-hybridized carbons (Fsp3) is 0.818. The lowest BCUT2D eigenvalue weighted by Gasteiger charge is -2.26. The van der Waals surface area contributed by atoms with Crippen molar-refractivity contribution in [2.24, 2.45) is 5.92 Å². The molecule has 2 N–H and O–H groups in total. The summed E-state index contributed by atoms with van der Waals surface area (Å²) in [6, 6.07) is -0.140. The SMILES string of the molecule is CC1CCN(CCN2C(=O)CNC2=O)C1CO. The number of amides is 3. The summed E-state index contributed by atoms with van der Waals surface area (Å²) in [6.45, 7) is 4.35. The van der Waals surface area contributed by atoms with Crippen LogP contribution in [0.15, 0.2) is 0 Å². The molecule has 0 aliphatic carbocycles. The van der Waals surface area contributed by atoms with Gasteiger partial charge in [-0.05, 0) is 18.9 Å². The molecule has 0 bridgehead atoms. The van der Waals surface area contributed by atoms with Gasteiger partial charge in [0.2, 0.25) is 5.91 Å². The highest BCUT2D eigenvalue weighted by Crippen LogP contribution is 2.23. The lowest BCUT2D eigenvalue weighted by molar-refractivity contribution is -0.125. The third-order valence-corrected chi connectivity index (χ3v) is 3.73. The summed E-state index contributed by atoms with van der Waals surface area (Å²) in [5.41, 5.74) is 0. The molecule has 0 radical (unpaired) electrons. The number of hydrogen-bond donors (Lipinski definition) is 2. The van der Waals surface area contributed by atoms with Crippen LogP contribution in [0.3, 0.4) is 0 Å².